The molecule has 3 rings (SSSR count). The number of nitrogens with zero attached hydrogens (tertiary/aromatic N) is 1. The monoisotopic (exact) mass is 407 g/mol. The normalized spacial score (nSPS) is 20.0. The summed E-state index contributed by atoms with van der Waals surface area (Å²) in [7, 11) is 0. The minimum atomic E-state index is -4.62. The second-order valence-corrected chi connectivity index (χ2v) is 7.53. The number of aliphatic hydroxyl groups excluding tert-OH is 1. The minimum Gasteiger partial charge on any atom is -0.488 e. The summed E-state index contributed by atoms with van der Waals surface area (Å²) in [6.07, 6.45) is -5.81. The standard InChI is InChI=1S/C22H24F3NO3/c1-14(2)15-6-5-7-16(12-15)29-20-10-11-26(13-19(20)27)21(28)17-8-3-4-9-18(17)22(23,24)25/h3-9,12,14,19-20,27H,10-11,13H2,1-2H3/t19-,20-/m1/s1. The molecule has 0 spiro atoms. The molecule has 0 aliphatic carbocycles. The molecule has 1 amide bonds. The van der Waals surface area contributed by atoms with Crippen LogP contribution in [-0.2, 0) is 6.18 Å². The molecule has 0 saturated carbocycles. The van der Waals surface area contributed by atoms with Gasteiger partial charge in [0.2, 0.25) is 0 Å². The predicted molar refractivity (Wildman–Crippen MR) is 103 cm³/mol. The van der Waals surface area contributed by atoms with Crippen LogP contribution in [0.4, 0.5) is 13.2 Å². The number of halogens is 3. The molecule has 0 bridgehead atoms. The van der Waals surface area contributed by atoms with Gasteiger partial charge >= 0.3 is 6.18 Å². The summed E-state index contributed by atoms with van der Waals surface area (Å²) in [4.78, 5) is 13.9. The highest BCUT2D eigenvalue weighted by atomic mass is 19.4. The first-order chi connectivity index (χ1) is 13.7. The number of alkyl halides is 3. The first kappa shape index (κ1) is 21.2. The van der Waals surface area contributed by atoms with Crippen molar-refractivity contribution in [3.8, 4) is 5.75 Å². The Hall–Kier alpha value is -2.54. The summed E-state index contributed by atoms with van der Waals surface area (Å²) < 4.78 is 45.5. The molecule has 1 aliphatic rings. The van der Waals surface area contributed by atoms with E-state index in [2.05, 4.69) is 13.8 Å². The number of rotatable bonds is 4. The second-order valence-electron chi connectivity index (χ2n) is 7.53. The van der Waals surface area contributed by atoms with Crippen LogP contribution < -0.4 is 4.74 Å². The average molecular weight is 407 g/mol. The van der Waals surface area contributed by atoms with Crippen LogP contribution in [0.3, 0.4) is 0 Å². The van der Waals surface area contributed by atoms with Crippen molar-refractivity contribution in [2.75, 3.05) is 13.1 Å². The third-order valence-corrected chi connectivity index (χ3v) is 5.08. The highest BCUT2D eigenvalue weighted by Gasteiger charge is 2.38. The molecule has 4 nitrogen and oxygen atoms in total. The Bertz CT molecular complexity index is 866. The van der Waals surface area contributed by atoms with Crippen molar-refractivity contribution in [1.82, 2.24) is 4.90 Å². The summed E-state index contributed by atoms with van der Waals surface area (Å²) in [5.41, 5.74) is -0.270. The molecule has 1 aliphatic heterocycles. The van der Waals surface area contributed by atoms with Gasteiger partial charge in [-0.15, -0.1) is 0 Å². The number of likely N-dealkylation sites (tertiary alicyclic amines) is 1. The fraction of sp³-hybridized carbons (Fsp3) is 0.409. The zero-order chi connectivity index (χ0) is 21.2. The van der Waals surface area contributed by atoms with Gasteiger partial charge in [0, 0.05) is 13.0 Å². The molecule has 0 aromatic heterocycles. The summed E-state index contributed by atoms with van der Waals surface area (Å²) in [5, 5.41) is 10.5. The fourth-order valence-corrected chi connectivity index (χ4v) is 3.44. The second kappa shape index (κ2) is 8.45. The minimum absolute atomic E-state index is 0.0838. The van der Waals surface area contributed by atoms with Gasteiger partial charge in [-0.05, 0) is 35.7 Å². The Morgan fingerprint density at radius 1 is 1.17 bits per heavy atom. The van der Waals surface area contributed by atoms with Gasteiger partial charge in [-0.3, -0.25) is 4.79 Å². The number of aliphatic hydroxyl groups is 1. The molecule has 1 heterocycles. The quantitative estimate of drug-likeness (QED) is 0.813. The molecule has 0 unspecified atom stereocenters. The molecule has 2 aromatic rings. The average Bonchev–Trinajstić information content (AvgIpc) is 2.68. The smallest absolute Gasteiger partial charge is 0.417 e. The van der Waals surface area contributed by atoms with Crippen LogP contribution in [0.5, 0.6) is 5.75 Å². The van der Waals surface area contributed by atoms with Crippen molar-refractivity contribution in [2.24, 2.45) is 0 Å². The van der Waals surface area contributed by atoms with E-state index in [0.29, 0.717) is 18.1 Å². The van der Waals surface area contributed by atoms with Crippen LogP contribution in [-0.4, -0.2) is 41.2 Å². The van der Waals surface area contributed by atoms with Crippen molar-refractivity contribution in [2.45, 2.75) is 44.6 Å². The van der Waals surface area contributed by atoms with Crippen LogP contribution >= 0.6 is 0 Å². The molecule has 2 atom stereocenters. The topological polar surface area (TPSA) is 49.8 Å². The first-order valence-corrected chi connectivity index (χ1v) is 9.57. The lowest BCUT2D eigenvalue weighted by molar-refractivity contribution is -0.138. The molecule has 0 radical (unpaired) electrons. The number of piperidine rings is 1. The largest absolute Gasteiger partial charge is 0.488 e. The Morgan fingerprint density at radius 3 is 2.55 bits per heavy atom. The van der Waals surface area contributed by atoms with Crippen molar-refractivity contribution >= 4 is 5.91 Å². The van der Waals surface area contributed by atoms with Crippen LogP contribution in [0, 0.1) is 0 Å². The van der Waals surface area contributed by atoms with Gasteiger partial charge in [0.05, 0.1) is 17.7 Å². The first-order valence-electron chi connectivity index (χ1n) is 9.57. The number of benzene rings is 2. The number of carbonyl (C=O) groups is 1. The third kappa shape index (κ3) is 4.90. The van der Waals surface area contributed by atoms with E-state index in [1.54, 1.807) is 6.07 Å². The maximum atomic E-state index is 13.2. The van der Waals surface area contributed by atoms with Gasteiger partial charge in [-0.2, -0.15) is 13.2 Å². The van der Waals surface area contributed by atoms with Crippen molar-refractivity contribution in [1.29, 1.82) is 0 Å². The van der Waals surface area contributed by atoms with E-state index in [0.717, 1.165) is 17.7 Å². The third-order valence-electron chi connectivity index (χ3n) is 5.08. The summed E-state index contributed by atoms with van der Waals surface area (Å²) >= 11 is 0. The van der Waals surface area contributed by atoms with Gasteiger partial charge < -0.3 is 14.7 Å². The van der Waals surface area contributed by atoms with Crippen molar-refractivity contribution in [3.05, 3.63) is 65.2 Å². The summed E-state index contributed by atoms with van der Waals surface area (Å²) in [6.45, 7) is 4.25. The van der Waals surface area contributed by atoms with E-state index in [-0.39, 0.29) is 13.1 Å². The van der Waals surface area contributed by atoms with Crippen molar-refractivity contribution < 1.29 is 27.8 Å². The number of hydrogen-bond acceptors (Lipinski definition) is 3. The maximum absolute atomic E-state index is 13.2. The molecule has 1 N–H and O–H groups in total. The van der Waals surface area contributed by atoms with E-state index in [1.165, 1.54) is 17.0 Å². The van der Waals surface area contributed by atoms with Gasteiger partial charge in [0.25, 0.3) is 5.91 Å². The Labute approximate surface area is 167 Å². The number of amides is 1. The molecule has 2 aromatic carbocycles. The zero-order valence-electron chi connectivity index (χ0n) is 16.3. The number of ether oxygens (including phenoxy) is 1. The van der Waals surface area contributed by atoms with Crippen molar-refractivity contribution in [3.63, 3.8) is 0 Å². The van der Waals surface area contributed by atoms with Crippen LogP contribution in [0.25, 0.3) is 0 Å². The fourth-order valence-electron chi connectivity index (χ4n) is 3.44. The van der Waals surface area contributed by atoms with Gasteiger partial charge in [0.15, 0.2) is 0 Å². The molecule has 29 heavy (non-hydrogen) atoms. The lowest BCUT2D eigenvalue weighted by atomic mass is 10.0. The number of carbonyl (C=O) groups excluding carboxylic acids is 1. The molecule has 1 fully saturated rings. The van der Waals surface area contributed by atoms with E-state index in [1.807, 2.05) is 18.2 Å². The Morgan fingerprint density at radius 2 is 1.90 bits per heavy atom. The Balaban J connectivity index is 1.69. The maximum Gasteiger partial charge on any atom is 0.417 e. The predicted octanol–water partition coefficient (Wildman–Crippen LogP) is 4.48. The molecule has 7 heteroatoms. The molecular formula is C22H24F3NO3. The van der Waals surface area contributed by atoms with Gasteiger partial charge in [-0.1, -0.05) is 38.1 Å². The summed E-state index contributed by atoms with van der Waals surface area (Å²) in [5.74, 6) is 0.219. The van der Waals surface area contributed by atoms with Gasteiger partial charge in [0.1, 0.15) is 18.0 Å². The van der Waals surface area contributed by atoms with E-state index in [4.69, 9.17) is 4.74 Å². The summed E-state index contributed by atoms with van der Waals surface area (Å²) in [6, 6.07) is 12.3. The number of hydrogen-bond donors (Lipinski definition) is 1. The molecule has 1 saturated heterocycles. The van der Waals surface area contributed by atoms with E-state index < -0.39 is 35.4 Å². The zero-order valence-corrected chi connectivity index (χ0v) is 16.3. The SMILES string of the molecule is CC(C)c1cccc(O[C@@H]2CCN(C(=O)c3ccccc3C(F)(F)F)C[C@H]2O)c1. The van der Waals surface area contributed by atoms with Gasteiger partial charge in [-0.25, -0.2) is 0 Å². The lowest BCUT2D eigenvalue weighted by Crippen LogP contribution is -2.51. The number of β-amino-alcohol motifs (C(OH)–C–C–N with tert-alkyl or cyclic N) is 1. The van der Waals surface area contributed by atoms with Crippen LogP contribution in [0.15, 0.2) is 48.5 Å². The Kier molecular flexibility index (Phi) is 6.17. The highest BCUT2D eigenvalue weighted by Crippen LogP contribution is 2.33. The van der Waals surface area contributed by atoms with E-state index >= 15 is 0 Å². The molecular weight excluding hydrogens is 383 g/mol. The molecule has 156 valence electrons. The van der Waals surface area contributed by atoms with Crippen LogP contribution in [0.2, 0.25) is 0 Å². The lowest BCUT2D eigenvalue weighted by Gasteiger charge is -2.36. The van der Waals surface area contributed by atoms with E-state index in [9.17, 15) is 23.1 Å². The van der Waals surface area contributed by atoms with Crippen LogP contribution in [0.1, 0.15) is 47.7 Å². The highest BCUT2D eigenvalue weighted by molar-refractivity contribution is 5.96.